The number of benzene rings is 3. The molecule has 0 radical (unpaired) electrons. The van der Waals surface area contributed by atoms with E-state index in [0.29, 0.717) is 11.5 Å². The van der Waals surface area contributed by atoms with Gasteiger partial charge in [0.2, 0.25) is 6.10 Å². The molecule has 0 aliphatic carbocycles. The van der Waals surface area contributed by atoms with E-state index in [1.165, 1.54) is 12.1 Å². The third-order valence-electron chi connectivity index (χ3n) is 4.82. The Bertz CT molecular complexity index is 959. The van der Waals surface area contributed by atoms with Gasteiger partial charge in [0.25, 0.3) is 5.91 Å². The molecular formula is C23H20FNO3. The van der Waals surface area contributed by atoms with Crippen LogP contribution in [0.15, 0.2) is 78.9 Å². The van der Waals surface area contributed by atoms with Crippen LogP contribution in [-0.2, 0) is 4.79 Å². The average molecular weight is 377 g/mol. The van der Waals surface area contributed by atoms with Crippen molar-refractivity contribution >= 4 is 5.91 Å². The molecule has 2 unspecified atom stereocenters. The number of hydrogen-bond acceptors (Lipinski definition) is 3. The summed E-state index contributed by atoms with van der Waals surface area (Å²) >= 11 is 0. The standard InChI is InChI=1S/C23H20FNO3/c1-25(23(26)21-15-27-19-9-5-6-10-20(19)28-21)22(16-7-3-2-4-8-16)17-11-13-18(24)14-12-17/h2-14,21-22H,15H2,1H3. The molecule has 3 aromatic rings. The van der Waals surface area contributed by atoms with Crippen LogP contribution in [0.2, 0.25) is 0 Å². The number of amides is 1. The van der Waals surface area contributed by atoms with Gasteiger partial charge in [-0.15, -0.1) is 0 Å². The molecule has 0 bridgehead atoms. The van der Waals surface area contributed by atoms with E-state index in [1.807, 2.05) is 48.5 Å². The van der Waals surface area contributed by atoms with Crippen molar-refractivity contribution in [1.82, 2.24) is 4.90 Å². The summed E-state index contributed by atoms with van der Waals surface area (Å²) in [6.07, 6.45) is -0.744. The molecule has 5 heteroatoms. The number of likely N-dealkylation sites (N-methyl/N-ethyl adjacent to an activating group) is 1. The fourth-order valence-corrected chi connectivity index (χ4v) is 3.42. The Kier molecular flexibility index (Phi) is 4.98. The highest BCUT2D eigenvalue weighted by Crippen LogP contribution is 2.33. The molecule has 0 spiro atoms. The highest BCUT2D eigenvalue weighted by molar-refractivity contribution is 5.82. The summed E-state index contributed by atoms with van der Waals surface area (Å²) in [6, 6.07) is 22.8. The first-order chi connectivity index (χ1) is 13.6. The smallest absolute Gasteiger partial charge is 0.267 e. The van der Waals surface area contributed by atoms with Crippen molar-refractivity contribution in [3.63, 3.8) is 0 Å². The molecule has 1 heterocycles. The number of fused-ring (bicyclic) bond motifs is 1. The van der Waals surface area contributed by atoms with Gasteiger partial charge in [0.05, 0.1) is 6.04 Å². The summed E-state index contributed by atoms with van der Waals surface area (Å²) < 4.78 is 25.0. The van der Waals surface area contributed by atoms with Gasteiger partial charge in [-0.1, -0.05) is 54.6 Å². The van der Waals surface area contributed by atoms with E-state index in [1.54, 1.807) is 30.1 Å². The minimum Gasteiger partial charge on any atom is -0.485 e. The van der Waals surface area contributed by atoms with E-state index in [9.17, 15) is 9.18 Å². The van der Waals surface area contributed by atoms with Gasteiger partial charge in [0.15, 0.2) is 11.5 Å². The number of rotatable bonds is 4. The largest absolute Gasteiger partial charge is 0.485 e. The summed E-state index contributed by atoms with van der Waals surface area (Å²) in [5.74, 6) is 0.670. The van der Waals surface area contributed by atoms with Gasteiger partial charge >= 0.3 is 0 Å². The number of hydrogen-bond donors (Lipinski definition) is 0. The first kappa shape index (κ1) is 18.0. The quantitative estimate of drug-likeness (QED) is 0.684. The van der Waals surface area contributed by atoms with Gasteiger partial charge < -0.3 is 14.4 Å². The Balaban J connectivity index is 1.63. The summed E-state index contributed by atoms with van der Waals surface area (Å²) in [5, 5.41) is 0. The minimum absolute atomic E-state index is 0.144. The van der Waals surface area contributed by atoms with Gasteiger partial charge in [-0.25, -0.2) is 4.39 Å². The summed E-state index contributed by atoms with van der Waals surface area (Å²) in [7, 11) is 1.73. The lowest BCUT2D eigenvalue weighted by molar-refractivity contribution is -0.141. The van der Waals surface area contributed by atoms with E-state index >= 15 is 0 Å². The number of nitrogens with zero attached hydrogens (tertiary/aromatic N) is 1. The molecule has 0 fully saturated rings. The minimum atomic E-state index is -0.744. The van der Waals surface area contributed by atoms with Crippen molar-refractivity contribution in [1.29, 1.82) is 0 Å². The van der Waals surface area contributed by atoms with Crippen LogP contribution in [0.5, 0.6) is 11.5 Å². The number of carbonyl (C=O) groups excluding carboxylic acids is 1. The number of ether oxygens (including phenoxy) is 2. The van der Waals surface area contributed by atoms with Crippen LogP contribution in [0.4, 0.5) is 4.39 Å². The topological polar surface area (TPSA) is 38.8 Å². The van der Waals surface area contributed by atoms with E-state index in [0.717, 1.165) is 11.1 Å². The number of halogens is 1. The second-order valence-electron chi connectivity index (χ2n) is 6.68. The SMILES string of the molecule is CN(C(=O)C1COc2ccccc2O1)C(c1ccccc1)c1ccc(F)cc1. The van der Waals surface area contributed by atoms with Crippen molar-refractivity contribution in [2.75, 3.05) is 13.7 Å². The van der Waals surface area contributed by atoms with Crippen molar-refractivity contribution in [2.24, 2.45) is 0 Å². The van der Waals surface area contributed by atoms with Crippen molar-refractivity contribution < 1.29 is 18.7 Å². The Morgan fingerprint density at radius 3 is 2.25 bits per heavy atom. The van der Waals surface area contributed by atoms with E-state index in [2.05, 4.69) is 0 Å². The molecule has 4 rings (SSSR count). The van der Waals surface area contributed by atoms with E-state index in [4.69, 9.17) is 9.47 Å². The lowest BCUT2D eigenvalue weighted by Crippen LogP contribution is -2.46. The molecule has 142 valence electrons. The normalized spacial score (nSPS) is 16.3. The van der Waals surface area contributed by atoms with Crippen LogP contribution in [0, 0.1) is 5.82 Å². The van der Waals surface area contributed by atoms with Crippen LogP contribution in [0.3, 0.4) is 0 Å². The van der Waals surface area contributed by atoms with Gasteiger partial charge in [0.1, 0.15) is 12.4 Å². The third-order valence-corrected chi connectivity index (χ3v) is 4.82. The first-order valence-electron chi connectivity index (χ1n) is 9.09. The Morgan fingerprint density at radius 2 is 1.54 bits per heavy atom. The Labute approximate surface area is 163 Å². The molecule has 2 atom stereocenters. The van der Waals surface area contributed by atoms with E-state index in [-0.39, 0.29) is 24.4 Å². The fourth-order valence-electron chi connectivity index (χ4n) is 3.42. The molecule has 3 aromatic carbocycles. The molecule has 28 heavy (non-hydrogen) atoms. The number of para-hydroxylation sites is 2. The fraction of sp³-hybridized carbons (Fsp3) is 0.174. The molecule has 1 aliphatic heterocycles. The van der Waals surface area contributed by atoms with E-state index < -0.39 is 6.10 Å². The zero-order valence-corrected chi connectivity index (χ0v) is 15.4. The molecule has 0 N–H and O–H groups in total. The molecule has 1 amide bonds. The maximum atomic E-state index is 13.4. The monoisotopic (exact) mass is 377 g/mol. The van der Waals surface area contributed by atoms with Gasteiger partial charge in [-0.3, -0.25) is 4.79 Å². The maximum Gasteiger partial charge on any atom is 0.267 e. The van der Waals surface area contributed by atoms with Crippen molar-refractivity contribution in [2.45, 2.75) is 12.1 Å². The molecule has 0 aromatic heterocycles. The molecule has 4 nitrogen and oxygen atoms in total. The lowest BCUT2D eigenvalue weighted by Gasteiger charge is -2.33. The van der Waals surface area contributed by atoms with Crippen LogP contribution in [-0.4, -0.2) is 30.6 Å². The van der Waals surface area contributed by atoms with Crippen LogP contribution in [0.25, 0.3) is 0 Å². The molecule has 0 saturated heterocycles. The molecular weight excluding hydrogens is 357 g/mol. The first-order valence-corrected chi connectivity index (χ1v) is 9.09. The van der Waals surface area contributed by atoms with Gasteiger partial charge in [-0.2, -0.15) is 0 Å². The van der Waals surface area contributed by atoms with Gasteiger partial charge in [0, 0.05) is 7.05 Å². The van der Waals surface area contributed by atoms with Crippen molar-refractivity contribution in [3.05, 3.63) is 95.8 Å². The Hall–Kier alpha value is -3.34. The molecule has 1 aliphatic rings. The Morgan fingerprint density at radius 1 is 0.929 bits per heavy atom. The molecule has 0 saturated carbocycles. The van der Waals surface area contributed by atoms with Gasteiger partial charge in [-0.05, 0) is 35.4 Å². The highest BCUT2D eigenvalue weighted by Gasteiger charge is 2.33. The lowest BCUT2D eigenvalue weighted by atomic mass is 9.97. The van der Waals surface area contributed by atoms with Crippen molar-refractivity contribution in [3.8, 4) is 11.5 Å². The van der Waals surface area contributed by atoms with Crippen LogP contribution >= 0.6 is 0 Å². The highest BCUT2D eigenvalue weighted by atomic mass is 19.1. The third kappa shape index (κ3) is 3.56. The summed E-state index contributed by atoms with van der Waals surface area (Å²) in [6.45, 7) is 0.144. The predicted octanol–water partition coefficient (Wildman–Crippen LogP) is 4.21. The van der Waals surface area contributed by atoms with Crippen LogP contribution in [0.1, 0.15) is 17.2 Å². The summed E-state index contributed by atoms with van der Waals surface area (Å²) in [5.41, 5.74) is 1.75. The zero-order chi connectivity index (χ0) is 19.5. The summed E-state index contributed by atoms with van der Waals surface area (Å²) in [4.78, 5) is 14.8. The predicted molar refractivity (Wildman–Crippen MR) is 104 cm³/mol. The zero-order valence-electron chi connectivity index (χ0n) is 15.4. The second kappa shape index (κ2) is 7.72. The average Bonchev–Trinajstić information content (AvgIpc) is 2.75. The maximum absolute atomic E-state index is 13.4. The van der Waals surface area contributed by atoms with Crippen LogP contribution < -0.4 is 9.47 Å². The number of carbonyl (C=O) groups is 1. The second-order valence-corrected chi connectivity index (χ2v) is 6.68.